The van der Waals surface area contributed by atoms with Crippen molar-refractivity contribution in [3.05, 3.63) is 58.7 Å². The molecule has 0 aliphatic rings. The van der Waals surface area contributed by atoms with Crippen LogP contribution in [0.3, 0.4) is 0 Å². The van der Waals surface area contributed by atoms with Crippen LogP contribution < -0.4 is 10.6 Å². The number of nitrogens with one attached hydrogen (secondary N) is 2. The number of aryl methyl sites for hydroxylation is 3. The molecular formula is C20H21F3N2O2. The van der Waals surface area contributed by atoms with Gasteiger partial charge in [0.2, 0.25) is 11.8 Å². The number of anilines is 2. The molecule has 0 saturated carbocycles. The fraction of sp³-hybridized carbons (Fsp3) is 0.300. The van der Waals surface area contributed by atoms with Crippen LogP contribution in [-0.2, 0) is 22.2 Å². The van der Waals surface area contributed by atoms with Gasteiger partial charge in [0.1, 0.15) is 0 Å². The minimum Gasteiger partial charge on any atom is -0.326 e. The minimum atomic E-state index is -4.66. The van der Waals surface area contributed by atoms with Crippen LogP contribution in [0, 0.1) is 13.8 Å². The van der Waals surface area contributed by atoms with Crippen LogP contribution in [0.25, 0.3) is 0 Å². The van der Waals surface area contributed by atoms with Gasteiger partial charge in [-0.1, -0.05) is 23.8 Å². The van der Waals surface area contributed by atoms with Gasteiger partial charge in [0, 0.05) is 19.0 Å². The first-order chi connectivity index (χ1) is 12.6. The van der Waals surface area contributed by atoms with Crippen molar-refractivity contribution in [2.24, 2.45) is 0 Å². The van der Waals surface area contributed by atoms with E-state index in [0.717, 1.165) is 28.8 Å². The molecule has 2 aromatic rings. The largest absolute Gasteiger partial charge is 0.418 e. The van der Waals surface area contributed by atoms with Crippen molar-refractivity contribution in [1.29, 1.82) is 0 Å². The first-order valence-corrected chi connectivity index (χ1v) is 8.41. The summed E-state index contributed by atoms with van der Waals surface area (Å²) in [7, 11) is 0. The molecule has 0 bridgehead atoms. The summed E-state index contributed by atoms with van der Waals surface area (Å²) in [5.74, 6) is -0.985. The molecule has 7 heteroatoms. The van der Waals surface area contributed by atoms with E-state index in [2.05, 4.69) is 10.6 Å². The highest BCUT2D eigenvalue weighted by Crippen LogP contribution is 2.36. The second kappa shape index (κ2) is 8.24. The Morgan fingerprint density at radius 2 is 1.70 bits per heavy atom. The molecule has 0 saturated heterocycles. The van der Waals surface area contributed by atoms with E-state index in [1.54, 1.807) is 0 Å². The molecule has 0 aliphatic heterocycles. The van der Waals surface area contributed by atoms with Crippen LogP contribution in [0.2, 0.25) is 0 Å². The Bertz CT molecular complexity index is 861. The molecule has 2 N–H and O–H groups in total. The second-order valence-corrected chi connectivity index (χ2v) is 6.42. The van der Waals surface area contributed by atoms with Crippen molar-refractivity contribution < 1.29 is 22.8 Å². The van der Waals surface area contributed by atoms with Crippen molar-refractivity contribution in [1.82, 2.24) is 0 Å². The van der Waals surface area contributed by atoms with E-state index in [1.165, 1.54) is 13.0 Å². The highest BCUT2D eigenvalue weighted by Gasteiger charge is 2.34. The highest BCUT2D eigenvalue weighted by molar-refractivity contribution is 5.93. The predicted octanol–water partition coefficient (Wildman–Crippen LogP) is 4.85. The van der Waals surface area contributed by atoms with Crippen molar-refractivity contribution in [3.8, 4) is 0 Å². The maximum absolute atomic E-state index is 13.3. The van der Waals surface area contributed by atoms with Crippen LogP contribution in [0.4, 0.5) is 24.5 Å². The molecule has 0 aliphatic carbocycles. The van der Waals surface area contributed by atoms with E-state index in [4.69, 9.17) is 0 Å². The summed E-state index contributed by atoms with van der Waals surface area (Å²) in [6.45, 7) is 5.10. The zero-order chi connectivity index (χ0) is 20.2. The number of amides is 2. The Morgan fingerprint density at radius 1 is 1.00 bits per heavy atom. The Labute approximate surface area is 155 Å². The summed E-state index contributed by atoms with van der Waals surface area (Å²) in [6, 6.07) is 9.11. The molecule has 0 atom stereocenters. The van der Waals surface area contributed by atoms with Gasteiger partial charge in [0.05, 0.1) is 11.3 Å². The number of halogens is 3. The third-order valence-electron chi connectivity index (χ3n) is 4.04. The Hall–Kier alpha value is -2.83. The first kappa shape index (κ1) is 20.5. The Morgan fingerprint density at radius 3 is 2.30 bits per heavy atom. The normalized spacial score (nSPS) is 11.2. The summed E-state index contributed by atoms with van der Waals surface area (Å²) in [5.41, 5.74) is 1.81. The summed E-state index contributed by atoms with van der Waals surface area (Å²) < 4.78 is 39.9. The molecule has 0 aromatic heterocycles. The van der Waals surface area contributed by atoms with Crippen LogP contribution in [0.5, 0.6) is 0 Å². The molecule has 2 amide bonds. The number of carbonyl (C=O) groups excluding carboxylic acids is 2. The smallest absolute Gasteiger partial charge is 0.326 e. The minimum absolute atomic E-state index is 0.0168. The molecule has 0 unspecified atom stereocenters. The van der Waals surface area contributed by atoms with Crippen molar-refractivity contribution >= 4 is 23.2 Å². The summed E-state index contributed by atoms with van der Waals surface area (Å²) in [6.07, 6.45) is -4.16. The van der Waals surface area contributed by atoms with Gasteiger partial charge in [-0.3, -0.25) is 9.59 Å². The zero-order valence-corrected chi connectivity index (χ0v) is 15.3. The van der Waals surface area contributed by atoms with E-state index in [1.807, 2.05) is 32.0 Å². The zero-order valence-electron chi connectivity index (χ0n) is 15.3. The molecule has 2 aromatic carbocycles. The number of rotatable bonds is 5. The Balaban J connectivity index is 2.13. The van der Waals surface area contributed by atoms with Crippen molar-refractivity contribution in [2.75, 3.05) is 10.6 Å². The second-order valence-electron chi connectivity index (χ2n) is 6.42. The van der Waals surface area contributed by atoms with Crippen LogP contribution in [0.1, 0.15) is 35.6 Å². The van der Waals surface area contributed by atoms with E-state index in [-0.39, 0.29) is 17.8 Å². The van der Waals surface area contributed by atoms with E-state index in [0.29, 0.717) is 6.42 Å². The fourth-order valence-electron chi connectivity index (χ4n) is 2.76. The summed E-state index contributed by atoms with van der Waals surface area (Å²) in [4.78, 5) is 23.2. The highest BCUT2D eigenvalue weighted by atomic mass is 19.4. The third kappa shape index (κ3) is 5.84. The molecule has 27 heavy (non-hydrogen) atoms. The molecule has 0 heterocycles. The molecule has 144 valence electrons. The van der Waals surface area contributed by atoms with Crippen LogP contribution >= 0.6 is 0 Å². The number of benzene rings is 2. The number of carbonyl (C=O) groups is 2. The van der Waals surface area contributed by atoms with Gasteiger partial charge in [-0.05, 0) is 49.6 Å². The van der Waals surface area contributed by atoms with E-state index >= 15 is 0 Å². The summed E-state index contributed by atoms with van der Waals surface area (Å²) >= 11 is 0. The molecule has 4 nitrogen and oxygen atoms in total. The molecule has 0 fully saturated rings. The number of hydrogen-bond donors (Lipinski definition) is 2. The lowest BCUT2D eigenvalue weighted by Crippen LogP contribution is -2.18. The quantitative estimate of drug-likeness (QED) is 0.781. The Kier molecular flexibility index (Phi) is 6.25. The topological polar surface area (TPSA) is 58.2 Å². The lowest BCUT2D eigenvalue weighted by atomic mass is 10.0. The average Bonchev–Trinajstić information content (AvgIpc) is 2.54. The molecule has 0 radical (unpaired) electrons. The van der Waals surface area contributed by atoms with Gasteiger partial charge in [-0.2, -0.15) is 13.2 Å². The summed E-state index contributed by atoms with van der Waals surface area (Å²) in [5, 5.41) is 4.63. The third-order valence-corrected chi connectivity index (χ3v) is 4.04. The first-order valence-electron chi connectivity index (χ1n) is 8.41. The maximum Gasteiger partial charge on any atom is 0.418 e. The predicted molar refractivity (Wildman–Crippen MR) is 98.6 cm³/mol. The van der Waals surface area contributed by atoms with Gasteiger partial charge in [-0.15, -0.1) is 0 Å². The molecule has 0 spiro atoms. The maximum atomic E-state index is 13.3. The van der Waals surface area contributed by atoms with Crippen LogP contribution in [-0.4, -0.2) is 11.8 Å². The standard InChI is InChI=1S/C20H21F3N2O2/c1-12-4-5-15(13(2)10-12)6-9-19(27)25-18-8-7-16(24-14(3)26)11-17(18)20(21,22)23/h4-5,7-8,10-11H,6,9H2,1-3H3,(H,24,26)(H,25,27). The average molecular weight is 378 g/mol. The van der Waals surface area contributed by atoms with Crippen molar-refractivity contribution in [3.63, 3.8) is 0 Å². The molecule has 2 rings (SSSR count). The van der Waals surface area contributed by atoms with Gasteiger partial charge >= 0.3 is 6.18 Å². The van der Waals surface area contributed by atoms with E-state index in [9.17, 15) is 22.8 Å². The lowest BCUT2D eigenvalue weighted by Gasteiger charge is -2.16. The lowest BCUT2D eigenvalue weighted by molar-refractivity contribution is -0.137. The van der Waals surface area contributed by atoms with Crippen molar-refractivity contribution in [2.45, 2.75) is 39.8 Å². The SMILES string of the molecule is CC(=O)Nc1ccc(NC(=O)CCc2ccc(C)cc2C)c(C(F)(F)F)c1. The van der Waals surface area contributed by atoms with E-state index < -0.39 is 23.6 Å². The number of alkyl halides is 3. The van der Waals surface area contributed by atoms with Gasteiger partial charge < -0.3 is 10.6 Å². The number of hydrogen-bond acceptors (Lipinski definition) is 2. The molecular weight excluding hydrogens is 357 g/mol. The monoisotopic (exact) mass is 378 g/mol. The van der Waals surface area contributed by atoms with Gasteiger partial charge in [0.15, 0.2) is 0 Å². The van der Waals surface area contributed by atoms with Crippen LogP contribution in [0.15, 0.2) is 36.4 Å². The fourth-order valence-corrected chi connectivity index (χ4v) is 2.76. The van der Waals surface area contributed by atoms with Gasteiger partial charge in [-0.25, -0.2) is 0 Å². The van der Waals surface area contributed by atoms with Gasteiger partial charge in [0.25, 0.3) is 0 Å².